The summed E-state index contributed by atoms with van der Waals surface area (Å²) in [6, 6.07) is -0.0205. The van der Waals surface area contributed by atoms with Gasteiger partial charge in [0.1, 0.15) is 0 Å². The van der Waals surface area contributed by atoms with Crippen LogP contribution in [0.15, 0.2) is 0 Å². The first-order valence-electron chi connectivity index (χ1n) is 5.00. The number of nitrogens with two attached hydrogens (primary N) is 1. The van der Waals surface area contributed by atoms with Gasteiger partial charge in [-0.1, -0.05) is 5.92 Å². The van der Waals surface area contributed by atoms with Crippen molar-refractivity contribution in [3.63, 3.8) is 0 Å². The molecule has 0 aromatic heterocycles. The Morgan fingerprint density at radius 3 is 2.33 bits per heavy atom. The van der Waals surface area contributed by atoms with E-state index in [-0.39, 0.29) is 17.9 Å². The van der Waals surface area contributed by atoms with Gasteiger partial charge in [0, 0.05) is 32.7 Å². The van der Waals surface area contributed by atoms with Crippen molar-refractivity contribution < 1.29 is 9.47 Å². The first kappa shape index (κ1) is 14.4. The summed E-state index contributed by atoms with van der Waals surface area (Å²) in [5, 5.41) is 3.27. The fraction of sp³-hybridized carbons (Fsp3) is 0.818. The lowest BCUT2D eigenvalue weighted by atomic mass is 9.96. The molecular weight excluding hydrogens is 192 g/mol. The molecule has 0 saturated heterocycles. The molecule has 0 amide bonds. The summed E-state index contributed by atoms with van der Waals surface area (Å²) in [4.78, 5) is 0. The molecule has 0 saturated carbocycles. The molecule has 15 heavy (non-hydrogen) atoms. The monoisotopic (exact) mass is 214 g/mol. The lowest BCUT2D eigenvalue weighted by molar-refractivity contribution is -0.117. The van der Waals surface area contributed by atoms with Crippen molar-refractivity contribution in [1.82, 2.24) is 5.32 Å². The van der Waals surface area contributed by atoms with Crippen molar-refractivity contribution in [2.24, 2.45) is 5.73 Å². The lowest BCUT2D eigenvalue weighted by Crippen LogP contribution is -2.54. The van der Waals surface area contributed by atoms with Crippen molar-refractivity contribution in [1.29, 1.82) is 0 Å². The number of hydrogen-bond acceptors (Lipinski definition) is 4. The van der Waals surface area contributed by atoms with Gasteiger partial charge in [-0.05, 0) is 13.8 Å². The van der Waals surface area contributed by atoms with Gasteiger partial charge in [0.25, 0.3) is 0 Å². The fourth-order valence-corrected chi connectivity index (χ4v) is 1.40. The maximum atomic E-state index is 5.73. The molecule has 0 spiro atoms. The van der Waals surface area contributed by atoms with E-state index in [0.29, 0.717) is 13.0 Å². The van der Waals surface area contributed by atoms with Crippen LogP contribution in [-0.4, -0.2) is 38.6 Å². The van der Waals surface area contributed by atoms with Crippen molar-refractivity contribution in [3.05, 3.63) is 0 Å². The fourth-order valence-electron chi connectivity index (χ4n) is 1.40. The highest BCUT2D eigenvalue weighted by Crippen LogP contribution is 2.14. The predicted molar refractivity (Wildman–Crippen MR) is 61.3 cm³/mol. The minimum absolute atomic E-state index is 0.0205. The van der Waals surface area contributed by atoms with Gasteiger partial charge in [0.15, 0.2) is 6.29 Å². The van der Waals surface area contributed by atoms with Crippen LogP contribution in [0.4, 0.5) is 0 Å². The first-order valence-corrected chi connectivity index (χ1v) is 5.00. The highest BCUT2D eigenvalue weighted by Gasteiger charge is 2.27. The lowest BCUT2D eigenvalue weighted by Gasteiger charge is -2.33. The smallest absolute Gasteiger partial charge is 0.158 e. The minimum Gasteiger partial charge on any atom is -0.356 e. The van der Waals surface area contributed by atoms with Crippen molar-refractivity contribution in [2.45, 2.75) is 38.1 Å². The summed E-state index contributed by atoms with van der Waals surface area (Å²) in [6.07, 6.45) is 5.70. The Morgan fingerprint density at radius 2 is 2.00 bits per heavy atom. The molecule has 4 nitrogen and oxygen atoms in total. The summed E-state index contributed by atoms with van der Waals surface area (Å²) in [7, 11) is 3.21. The molecule has 0 aromatic carbocycles. The Hall–Kier alpha value is -0.600. The number of nitrogens with one attached hydrogen (secondary N) is 1. The zero-order chi connectivity index (χ0) is 11.9. The van der Waals surface area contributed by atoms with E-state index in [9.17, 15) is 0 Å². The number of ether oxygens (including phenoxy) is 2. The van der Waals surface area contributed by atoms with Crippen LogP contribution in [0, 0.1) is 12.3 Å². The Labute approximate surface area is 92.5 Å². The van der Waals surface area contributed by atoms with E-state index in [2.05, 4.69) is 11.2 Å². The quantitative estimate of drug-likeness (QED) is 0.473. The number of methoxy groups -OCH3 is 2. The third kappa shape index (κ3) is 5.14. The molecule has 0 aromatic rings. The van der Waals surface area contributed by atoms with Crippen molar-refractivity contribution in [2.75, 3.05) is 20.8 Å². The van der Waals surface area contributed by atoms with Crippen LogP contribution in [0.2, 0.25) is 0 Å². The second-order valence-electron chi connectivity index (χ2n) is 3.90. The molecule has 0 aliphatic rings. The Bertz CT molecular complexity index is 211. The van der Waals surface area contributed by atoms with Crippen molar-refractivity contribution >= 4 is 0 Å². The minimum atomic E-state index is -0.275. The van der Waals surface area contributed by atoms with Crippen LogP contribution in [-0.2, 0) is 9.47 Å². The summed E-state index contributed by atoms with van der Waals surface area (Å²) >= 11 is 0. The average molecular weight is 214 g/mol. The highest BCUT2D eigenvalue weighted by atomic mass is 16.7. The summed E-state index contributed by atoms with van der Waals surface area (Å²) < 4.78 is 10.3. The molecular formula is C11H22N2O2. The van der Waals surface area contributed by atoms with Gasteiger partial charge in [0.2, 0.25) is 0 Å². The van der Waals surface area contributed by atoms with Gasteiger partial charge < -0.3 is 15.2 Å². The van der Waals surface area contributed by atoms with Crippen molar-refractivity contribution in [3.8, 4) is 12.3 Å². The summed E-state index contributed by atoms with van der Waals surface area (Å²) in [6.45, 7) is 4.40. The highest BCUT2D eigenvalue weighted by molar-refractivity contribution is 5.00. The molecule has 4 heteroatoms. The zero-order valence-electron chi connectivity index (χ0n) is 10.0. The van der Waals surface area contributed by atoms with Gasteiger partial charge in [-0.2, -0.15) is 0 Å². The molecule has 0 aliphatic heterocycles. The standard InChI is InChI=1S/C11H22N2O2/c1-6-9(2)13-11(3,8-12)7-10(14-4)15-5/h1,9-10,13H,7-8,12H2,2-5H3. The molecule has 88 valence electrons. The maximum absolute atomic E-state index is 5.73. The molecule has 0 radical (unpaired) electrons. The van der Waals surface area contributed by atoms with E-state index in [0.717, 1.165) is 0 Å². The summed E-state index contributed by atoms with van der Waals surface area (Å²) in [5.74, 6) is 2.62. The third-order valence-corrected chi connectivity index (χ3v) is 2.41. The summed E-state index contributed by atoms with van der Waals surface area (Å²) in [5.41, 5.74) is 5.45. The Balaban J connectivity index is 4.36. The van der Waals surface area contributed by atoms with Crippen LogP contribution in [0.3, 0.4) is 0 Å². The van der Waals surface area contributed by atoms with Crippen LogP contribution < -0.4 is 11.1 Å². The molecule has 0 heterocycles. The maximum Gasteiger partial charge on any atom is 0.158 e. The molecule has 3 N–H and O–H groups in total. The molecule has 2 atom stereocenters. The predicted octanol–water partition coefficient (Wildman–Crippen LogP) is 0.324. The number of rotatable bonds is 7. The largest absolute Gasteiger partial charge is 0.356 e. The van der Waals surface area contributed by atoms with Crippen LogP contribution in [0.5, 0.6) is 0 Å². The molecule has 0 fully saturated rings. The Kier molecular flexibility index (Phi) is 6.53. The Morgan fingerprint density at radius 1 is 1.47 bits per heavy atom. The van der Waals surface area contributed by atoms with E-state index in [1.54, 1.807) is 14.2 Å². The normalized spacial score (nSPS) is 17.1. The van der Waals surface area contributed by atoms with Gasteiger partial charge in [0.05, 0.1) is 6.04 Å². The third-order valence-electron chi connectivity index (χ3n) is 2.41. The molecule has 0 bridgehead atoms. The molecule has 2 unspecified atom stereocenters. The van der Waals surface area contributed by atoms with E-state index in [1.807, 2.05) is 13.8 Å². The van der Waals surface area contributed by atoms with E-state index in [4.69, 9.17) is 21.6 Å². The number of hydrogen-bond donors (Lipinski definition) is 2. The topological polar surface area (TPSA) is 56.5 Å². The number of terminal acetylenes is 1. The molecule has 0 rings (SSSR count). The van der Waals surface area contributed by atoms with E-state index < -0.39 is 0 Å². The van der Waals surface area contributed by atoms with Gasteiger partial charge >= 0.3 is 0 Å². The van der Waals surface area contributed by atoms with Gasteiger partial charge in [-0.15, -0.1) is 6.42 Å². The van der Waals surface area contributed by atoms with E-state index in [1.165, 1.54) is 0 Å². The zero-order valence-corrected chi connectivity index (χ0v) is 10.0. The van der Waals surface area contributed by atoms with Gasteiger partial charge in [-0.3, -0.25) is 5.32 Å². The van der Waals surface area contributed by atoms with Gasteiger partial charge in [-0.25, -0.2) is 0 Å². The van der Waals surface area contributed by atoms with Crippen LogP contribution in [0.25, 0.3) is 0 Å². The second kappa shape index (κ2) is 6.81. The van der Waals surface area contributed by atoms with E-state index >= 15 is 0 Å². The SMILES string of the molecule is C#CC(C)NC(C)(CN)CC(OC)OC. The van der Waals surface area contributed by atoms with Crippen LogP contribution in [0.1, 0.15) is 20.3 Å². The first-order chi connectivity index (χ1) is 7.01. The molecule has 0 aliphatic carbocycles. The van der Waals surface area contributed by atoms with Crippen LogP contribution >= 0.6 is 0 Å². The average Bonchev–Trinajstić information content (AvgIpc) is 2.25. The second-order valence-corrected chi connectivity index (χ2v) is 3.90.